The first-order valence-electron chi connectivity index (χ1n) is 7.92. The first kappa shape index (κ1) is 15.6. The molecule has 1 amide bonds. The maximum Gasteiger partial charge on any atom is 0.292 e. The molecule has 0 aliphatic carbocycles. The van der Waals surface area contributed by atoms with Gasteiger partial charge in [-0.1, -0.05) is 12.1 Å². The van der Waals surface area contributed by atoms with Crippen LogP contribution in [0, 0.1) is 0 Å². The van der Waals surface area contributed by atoms with Crippen molar-refractivity contribution in [3.63, 3.8) is 0 Å². The van der Waals surface area contributed by atoms with Crippen LogP contribution in [0.15, 0.2) is 53.1 Å². The average molecular weight is 352 g/mol. The van der Waals surface area contributed by atoms with E-state index < -0.39 is 0 Å². The summed E-state index contributed by atoms with van der Waals surface area (Å²) in [5.74, 6) is 1.15. The molecule has 0 unspecified atom stereocenters. The summed E-state index contributed by atoms with van der Waals surface area (Å²) in [5.41, 5.74) is 0.922. The topological polar surface area (TPSA) is 73.0 Å². The molecule has 7 heteroatoms. The van der Waals surface area contributed by atoms with Gasteiger partial charge >= 0.3 is 0 Å². The molecule has 0 saturated carbocycles. The van der Waals surface area contributed by atoms with Crippen molar-refractivity contribution < 1.29 is 9.21 Å². The number of carbonyl (C=O) groups is 1. The molecule has 1 aromatic carbocycles. The van der Waals surface area contributed by atoms with E-state index in [0.29, 0.717) is 11.6 Å². The lowest BCUT2D eigenvalue weighted by Gasteiger charge is -2.10. The van der Waals surface area contributed by atoms with Crippen molar-refractivity contribution >= 4 is 33.3 Å². The van der Waals surface area contributed by atoms with Crippen LogP contribution in [-0.4, -0.2) is 20.7 Å². The number of nitrogens with one attached hydrogen (secondary N) is 1. The van der Waals surface area contributed by atoms with Crippen LogP contribution < -0.4 is 5.32 Å². The molecule has 6 nitrogen and oxygen atoms in total. The third-order valence-electron chi connectivity index (χ3n) is 3.74. The van der Waals surface area contributed by atoms with Crippen molar-refractivity contribution in [2.75, 3.05) is 5.32 Å². The van der Waals surface area contributed by atoms with Crippen LogP contribution in [0.3, 0.4) is 0 Å². The lowest BCUT2D eigenvalue weighted by atomic mass is 10.3. The zero-order chi connectivity index (χ0) is 17.4. The number of amides is 1. The van der Waals surface area contributed by atoms with Crippen LogP contribution in [0.4, 0.5) is 5.82 Å². The number of fused-ring (bicyclic) bond motifs is 1. The zero-order valence-electron chi connectivity index (χ0n) is 13.8. The fourth-order valence-corrected chi connectivity index (χ4v) is 3.48. The van der Waals surface area contributed by atoms with Gasteiger partial charge in [0.15, 0.2) is 16.5 Å². The molecule has 0 fully saturated rings. The summed E-state index contributed by atoms with van der Waals surface area (Å²) in [6, 6.07) is 13.2. The summed E-state index contributed by atoms with van der Waals surface area (Å²) >= 11 is 1.54. The lowest BCUT2D eigenvalue weighted by Crippen LogP contribution is -2.16. The van der Waals surface area contributed by atoms with Gasteiger partial charge in [0.2, 0.25) is 0 Å². The zero-order valence-corrected chi connectivity index (χ0v) is 14.6. The van der Waals surface area contributed by atoms with E-state index in [0.717, 1.165) is 15.2 Å². The Bertz CT molecular complexity index is 1010. The molecule has 3 aromatic heterocycles. The van der Waals surface area contributed by atoms with Gasteiger partial charge in [0.25, 0.3) is 5.91 Å². The van der Waals surface area contributed by atoms with E-state index in [1.807, 2.05) is 38.1 Å². The number of carbonyl (C=O) groups excluding carboxylic acids is 1. The van der Waals surface area contributed by atoms with Crippen molar-refractivity contribution in [3.8, 4) is 10.8 Å². The van der Waals surface area contributed by atoms with Gasteiger partial charge in [0.05, 0.1) is 16.4 Å². The van der Waals surface area contributed by atoms with Crippen LogP contribution >= 0.6 is 11.3 Å². The van der Waals surface area contributed by atoms with Crippen LogP contribution in [0.1, 0.15) is 30.4 Å². The summed E-state index contributed by atoms with van der Waals surface area (Å²) < 4.78 is 8.55. The molecule has 0 spiro atoms. The van der Waals surface area contributed by atoms with Crippen molar-refractivity contribution in [3.05, 3.63) is 54.4 Å². The Morgan fingerprint density at radius 3 is 2.84 bits per heavy atom. The Labute approximate surface area is 148 Å². The first-order valence-corrected chi connectivity index (χ1v) is 8.74. The molecule has 0 atom stereocenters. The van der Waals surface area contributed by atoms with E-state index >= 15 is 0 Å². The maximum atomic E-state index is 12.4. The summed E-state index contributed by atoms with van der Waals surface area (Å²) in [5, 5.41) is 7.79. The Morgan fingerprint density at radius 1 is 1.20 bits per heavy atom. The molecule has 126 valence electrons. The minimum Gasteiger partial charge on any atom is -0.448 e. The number of anilines is 1. The van der Waals surface area contributed by atoms with Crippen LogP contribution in [0.25, 0.3) is 21.0 Å². The molecular formula is C18H16N4O2S. The van der Waals surface area contributed by atoms with Gasteiger partial charge in [-0.25, -0.2) is 9.67 Å². The Morgan fingerprint density at radius 2 is 2.04 bits per heavy atom. The molecule has 0 radical (unpaired) electrons. The normalized spacial score (nSPS) is 11.3. The minimum absolute atomic E-state index is 0.153. The third kappa shape index (κ3) is 2.94. The highest BCUT2D eigenvalue weighted by Crippen LogP contribution is 2.31. The van der Waals surface area contributed by atoms with E-state index in [2.05, 4.69) is 15.4 Å². The lowest BCUT2D eigenvalue weighted by molar-refractivity contribution is 0.0996. The molecule has 4 rings (SSSR count). The van der Waals surface area contributed by atoms with Gasteiger partial charge in [-0.2, -0.15) is 5.10 Å². The summed E-state index contributed by atoms with van der Waals surface area (Å²) in [7, 11) is 0. The number of aromatic nitrogens is 3. The number of hydrogen-bond donors (Lipinski definition) is 1. The predicted molar refractivity (Wildman–Crippen MR) is 97.9 cm³/mol. The summed E-state index contributed by atoms with van der Waals surface area (Å²) in [6.07, 6.45) is 1.66. The molecule has 1 N–H and O–H groups in total. The Hall–Kier alpha value is -2.93. The quantitative estimate of drug-likeness (QED) is 0.583. The van der Waals surface area contributed by atoms with E-state index in [4.69, 9.17) is 4.42 Å². The predicted octanol–water partition coefficient (Wildman–Crippen LogP) is 4.59. The van der Waals surface area contributed by atoms with Crippen molar-refractivity contribution in [1.82, 2.24) is 14.8 Å². The molecule has 0 bridgehead atoms. The number of para-hydroxylation sites is 1. The minimum atomic E-state index is -0.310. The SMILES string of the molecule is CC(C)n1nccc1NC(=O)c1ccc(-c2nc3ccccc3s2)o1. The van der Waals surface area contributed by atoms with Crippen molar-refractivity contribution in [2.45, 2.75) is 19.9 Å². The van der Waals surface area contributed by atoms with Crippen molar-refractivity contribution in [1.29, 1.82) is 0 Å². The van der Waals surface area contributed by atoms with E-state index in [1.165, 1.54) is 11.3 Å². The smallest absolute Gasteiger partial charge is 0.292 e. The number of thiazole rings is 1. The van der Waals surface area contributed by atoms with Gasteiger partial charge in [-0.3, -0.25) is 4.79 Å². The highest BCUT2D eigenvalue weighted by molar-refractivity contribution is 7.21. The second kappa shape index (κ2) is 6.18. The van der Waals surface area contributed by atoms with Gasteiger partial charge < -0.3 is 9.73 Å². The largest absolute Gasteiger partial charge is 0.448 e. The second-order valence-corrected chi connectivity index (χ2v) is 6.89. The van der Waals surface area contributed by atoms with Crippen LogP contribution in [-0.2, 0) is 0 Å². The van der Waals surface area contributed by atoms with Gasteiger partial charge in [0, 0.05) is 12.1 Å². The molecule has 0 aliphatic rings. The number of rotatable bonds is 4. The molecule has 25 heavy (non-hydrogen) atoms. The monoisotopic (exact) mass is 352 g/mol. The summed E-state index contributed by atoms with van der Waals surface area (Å²) in [4.78, 5) is 17.0. The number of furan rings is 1. The third-order valence-corrected chi connectivity index (χ3v) is 4.79. The van der Waals surface area contributed by atoms with E-state index in [9.17, 15) is 4.79 Å². The molecule has 4 aromatic rings. The second-order valence-electron chi connectivity index (χ2n) is 5.86. The van der Waals surface area contributed by atoms with E-state index in [1.54, 1.807) is 29.1 Å². The fraction of sp³-hybridized carbons (Fsp3) is 0.167. The van der Waals surface area contributed by atoms with Crippen LogP contribution in [0.2, 0.25) is 0 Å². The number of benzene rings is 1. The fourth-order valence-electron chi connectivity index (χ4n) is 2.56. The van der Waals surface area contributed by atoms with Crippen LogP contribution in [0.5, 0.6) is 0 Å². The Balaban J connectivity index is 1.58. The summed E-state index contributed by atoms with van der Waals surface area (Å²) in [6.45, 7) is 4.00. The first-order chi connectivity index (χ1) is 12.1. The van der Waals surface area contributed by atoms with Gasteiger partial charge in [0.1, 0.15) is 5.82 Å². The Kier molecular flexibility index (Phi) is 3.85. The van der Waals surface area contributed by atoms with E-state index in [-0.39, 0.29) is 17.7 Å². The standard InChI is InChI=1S/C18H16N4O2S/c1-11(2)22-16(9-10-19-22)21-17(23)13-7-8-14(24-13)18-20-12-5-3-4-6-15(12)25-18/h3-11H,1-2H3,(H,21,23). The highest BCUT2D eigenvalue weighted by Gasteiger charge is 2.17. The molecule has 0 saturated heterocycles. The molecular weight excluding hydrogens is 336 g/mol. The average Bonchev–Trinajstić information content (AvgIpc) is 3.32. The number of nitrogens with zero attached hydrogens (tertiary/aromatic N) is 3. The van der Waals surface area contributed by atoms with Crippen molar-refractivity contribution in [2.24, 2.45) is 0 Å². The molecule has 0 aliphatic heterocycles. The van der Waals surface area contributed by atoms with Gasteiger partial charge in [-0.05, 0) is 38.1 Å². The maximum absolute atomic E-state index is 12.4. The number of hydrogen-bond acceptors (Lipinski definition) is 5. The van der Waals surface area contributed by atoms with Gasteiger partial charge in [-0.15, -0.1) is 11.3 Å². The molecule has 3 heterocycles. The highest BCUT2D eigenvalue weighted by atomic mass is 32.1.